The Labute approximate surface area is 163 Å². The zero-order chi connectivity index (χ0) is 20.6. The molecule has 2 heterocycles. The van der Waals surface area contributed by atoms with Crippen molar-refractivity contribution in [1.29, 1.82) is 0 Å². The van der Waals surface area contributed by atoms with Crippen LogP contribution in [-0.4, -0.2) is 14.5 Å². The number of halogens is 3. The fraction of sp³-hybridized carbons (Fsp3) is 0.0952. The predicted molar refractivity (Wildman–Crippen MR) is 102 cm³/mol. The van der Waals surface area contributed by atoms with Crippen LogP contribution in [0.3, 0.4) is 0 Å². The molecule has 0 aliphatic carbocycles. The smallest absolute Gasteiger partial charge is 0.416 e. The highest BCUT2D eigenvalue weighted by atomic mass is 19.4. The number of benzene rings is 2. The molecule has 8 heteroatoms. The van der Waals surface area contributed by atoms with Gasteiger partial charge in [-0.1, -0.05) is 6.07 Å². The van der Waals surface area contributed by atoms with Crippen LogP contribution in [-0.2, 0) is 13.2 Å². The second-order valence-corrected chi connectivity index (χ2v) is 6.36. The van der Waals surface area contributed by atoms with Crippen LogP contribution in [0.1, 0.15) is 5.56 Å². The number of fused-ring (bicyclic) bond motifs is 1. The summed E-state index contributed by atoms with van der Waals surface area (Å²) in [4.78, 5) is 20.5. The second kappa shape index (κ2) is 7.05. The van der Waals surface area contributed by atoms with Crippen molar-refractivity contribution < 1.29 is 17.9 Å². The molecule has 29 heavy (non-hydrogen) atoms. The predicted octanol–water partition coefficient (Wildman–Crippen LogP) is 4.81. The lowest BCUT2D eigenvalue weighted by Crippen LogP contribution is -2.05. The van der Waals surface area contributed by atoms with Crippen LogP contribution in [0, 0.1) is 0 Å². The van der Waals surface area contributed by atoms with E-state index < -0.39 is 11.7 Å². The van der Waals surface area contributed by atoms with Crippen LogP contribution in [0.2, 0.25) is 0 Å². The van der Waals surface area contributed by atoms with Gasteiger partial charge in [0.1, 0.15) is 11.4 Å². The number of nitrogens with zero attached hydrogens (tertiary/aromatic N) is 3. The van der Waals surface area contributed by atoms with Gasteiger partial charge < -0.3 is 9.30 Å². The van der Waals surface area contributed by atoms with Gasteiger partial charge >= 0.3 is 6.18 Å². The fourth-order valence-electron chi connectivity index (χ4n) is 2.95. The largest absolute Gasteiger partial charge is 0.437 e. The Morgan fingerprint density at radius 2 is 1.69 bits per heavy atom. The van der Waals surface area contributed by atoms with Crippen LogP contribution in [0.4, 0.5) is 13.2 Å². The van der Waals surface area contributed by atoms with Crippen molar-refractivity contribution >= 4 is 10.9 Å². The van der Waals surface area contributed by atoms with Crippen molar-refractivity contribution in [2.75, 3.05) is 0 Å². The zero-order valence-electron chi connectivity index (χ0n) is 15.1. The molecule has 0 N–H and O–H groups in total. The maximum atomic E-state index is 12.7. The molecule has 146 valence electrons. The fourth-order valence-corrected chi connectivity index (χ4v) is 2.95. The molecule has 0 fully saturated rings. The summed E-state index contributed by atoms with van der Waals surface area (Å²) in [6, 6.07) is 11.0. The number of aryl methyl sites for hydroxylation is 1. The van der Waals surface area contributed by atoms with Gasteiger partial charge in [0, 0.05) is 42.7 Å². The Bertz CT molecular complexity index is 1250. The van der Waals surface area contributed by atoms with Crippen LogP contribution in [0.15, 0.2) is 71.9 Å². The molecular formula is C21H14F3N3O2. The molecule has 0 spiro atoms. The third-order valence-electron chi connectivity index (χ3n) is 4.43. The Kier molecular flexibility index (Phi) is 4.54. The number of rotatable bonds is 3. The topological polar surface area (TPSA) is 57.0 Å². The molecule has 0 radical (unpaired) electrons. The van der Waals surface area contributed by atoms with Crippen molar-refractivity contribution in [2.45, 2.75) is 6.18 Å². The van der Waals surface area contributed by atoms with E-state index in [2.05, 4.69) is 9.97 Å². The van der Waals surface area contributed by atoms with Gasteiger partial charge in [0.25, 0.3) is 0 Å². The van der Waals surface area contributed by atoms with Crippen LogP contribution in [0.5, 0.6) is 11.6 Å². The molecule has 2 aromatic heterocycles. The van der Waals surface area contributed by atoms with E-state index in [9.17, 15) is 18.0 Å². The van der Waals surface area contributed by atoms with Gasteiger partial charge in [-0.25, -0.2) is 9.97 Å². The number of pyridine rings is 1. The standard InChI is InChI=1S/C21H14F3N3O2/c1-27-11-8-18(28)16-7-2-13(12-17(16)27)19-20(26-10-9-25-19)29-15-5-3-14(4-6-15)21(22,23)24/h2-12H,1H3. The molecule has 0 aliphatic rings. The lowest BCUT2D eigenvalue weighted by Gasteiger charge is -2.12. The van der Waals surface area contributed by atoms with Crippen molar-refractivity contribution in [3.63, 3.8) is 0 Å². The van der Waals surface area contributed by atoms with Gasteiger partial charge in [0.15, 0.2) is 5.43 Å². The summed E-state index contributed by atoms with van der Waals surface area (Å²) in [5.41, 5.74) is 0.921. The monoisotopic (exact) mass is 397 g/mol. The van der Waals surface area contributed by atoms with Crippen molar-refractivity contribution in [2.24, 2.45) is 7.05 Å². The van der Waals surface area contributed by atoms with Gasteiger partial charge in [-0.15, -0.1) is 0 Å². The van der Waals surface area contributed by atoms with E-state index >= 15 is 0 Å². The molecule has 0 aliphatic heterocycles. The normalized spacial score (nSPS) is 11.6. The summed E-state index contributed by atoms with van der Waals surface area (Å²) in [6.07, 6.45) is 0.172. The molecule has 0 amide bonds. The van der Waals surface area contributed by atoms with Crippen LogP contribution >= 0.6 is 0 Å². The molecule has 0 saturated carbocycles. The first-order valence-corrected chi connectivity index (χ1v) is 8.59. The van der Waals surface area contributed by atoms with Gasteiger partial charge in [0.05, 0.1) is 11.1 Å². The highest BCUT2D eigenvalue weighted by Crippen LogP contribution is 2.33. The van der Waals surface area contributed by atoms with Crippen molar-refractivity contribution in [1.82, 2.24) is 14.5 Å². The number of ether oxygens (including phenoxy) is 1. The summed E-state index contributed by atoms with van der Waals surface area (Å²) in [5.74, 6) is 0.348. The third kappa shape index (κ3) is 3.69. The van der Waals surface area contributed by atoms with Gasteiger partial charge in [-0.3, -0.25) is 4.79 Å². The summed E-state index contributed by atoms with van der Waals surface area (Å²) in [6.45, 7) is 0. The SMILES string of the molecule is Cn1ccc(=O)c2ccc(-c3nccnc3Oc3ccc(C(F)(F)F)cc3)cc21. The summed E-state index contributed by atoms with van der Waals surface area (Å²) >= 11 is 0. The molecule has 0 unspecified atom stereocenters. The Hall–Kier alpha value is -3.68. The van der Waals surface area contributed by atoms with E-state index in [0.717, 1.165) is 12.1 Å². The van der Waals surface area contributed by atoms with E-state index in [1.807, 2.05) is 11.6 Å². The van der Waals surface area contributed by atoms with E-state index in [-0.39, 0.29) is 17.1 Å². The first-order valence-electron chi connectivity index (χ1n) is 8.59. The summed E-state index contributed by atoms with van der Waals surface area (Å²) in [5, 5.41) is 0.563. The quantitative estimate of drug-likeness (QED) is 0.498. The first-order chi connectivity index (χ1) is 13.8. The first kappa shape index (κ1) is 18.7. The summed E-state index contributed by atoms with van der Waals surface area (Å²) < 4.78 is 45.7. The third-order valence-corrected chi connectivity index (χ3v) is 4.43. The average Bonchev–Trinajstić information content (AvgIpc) is 2.71. The van der Waals surface area contributed by atoms with Crippen LogP contribution < -0.4 is 10.2 Å². The van der Waals surface area contributed by atoms with Crippen molar-refractivity contribution in [3.8, 4) is 22.9 Å². The van der Waals surface area contributed by atoms with Gasteiger partial charge in [0.2, 0.25) is 5.88 Å². The lowest BCUT2D eigenvalue weighted by atomic mass is 10.1. The summed E-state index contributed by atoms with van der Waals surface area (Å²) in [7, 11) is 1.82. The highest BCUT2D eigenvalue weighted by molar-refractivity contribution is 5.84. The van der Waals surface area contributed by atoms with E-state index in [0.29, 0.717) is 22.2 Å². The van der Waals surface area contributed by atoms with E-state index in [4.69, 9.17) is 4.74 Å². The second-order valence-electron chi connectivity index (χ2n) is 6.36. The number of aromatic nitrogens is 3. The minimum absolute atomic E-state index is 0.0926. The molecule has 0 saturated heterocycles. The lowest BCUT2D eigenvalue weighted by molar-refractivity contribution is -0.137. The number of alkyl halides is 3. The van der Waals surface area contributed by atoms with Crippen molar-refractivity contribution in [3.05, 3.63) is 82.9 Å². The van der Waals surface area contributed by atoms with Crippen LogP contribution in [0.25, 0.3) is 22.2 Å². The maximum Gasteiger partial charge on any atom is 0.416 e. The van der Waals surface area contributed by atoms with E-state index in [1.165, 1.54) is 30.6 Å². The number of hydrogen-bond acceptors (Lipinski definition) is 4. The van der Waals surface area contributed by atoms with Gasteiger partial charge in [-0.2, -0.15) is 13.2 Å². The minimum Gasteiger partial charge on any atom is -0.437 e. The molecular weight excluding hydrogens is 383 g/mol. The minimum atomic E-state index is -4.42. The van der Waals surface area contributed by atoms with Gasteiger partial charge in [-0.05, 0) is 36.4 Å². The zero-order valence-corrected chi connectivity index (χ0v) is 15.1. The molecule has 2 aromatic carbocycles. The average molecular weight is 397 g/mol. The molecule has 0 bridgehead atoms. The highest BCUT2D eigenvalue weighted by Gasteiger charge is 2.30. The molecule has 4 rings (SSSR count). The Morgan fingerprint density at radius 1 is 0.966 bits per heavy atom. The maximum absolute atomic E-state index is 12.7. The molecule has 0 atom stereocenters. The van der Waals surface area contributed by atoms with E-state index in [1.54, 1.807) is 24.4 Å². The molecule has 5 nitrogen and oxygen atoms in total. The Morgan fingerprint density at radius 3 is 2.41 bits per heavy atom. The Balaban J connectivity index is 1.73. The molecule has 4 aromatic rings. The number of hydrogen-bond donors (Lipinski definition) is 0.